The molecule has 0 saturated heterocycles. The highest BCUT2D eigenvalue weighted by molar-refractivity contribution is 6.00. The number of ether oxygens (including phenoxy) is 2. The standard InChI is InChI=1S/C11H12F2O3/c1-6-4-8(15-2)9(16-3)5-7(6)10(14)11(12)13/h4-5,11H,1-3H3. The zero-order valence-electron chi connectivity index (χ0n) is 9.21. The van der Waals surface area contributed by atoms with Crippen LogP contribution in [0, 0.1) is 6.92 Å². The van der Waals surface area contributed by atoms with Crippen LogP contribution < -0.4 is 9.47 Å². The Bertz CT molecular complexity index is 402. The summed E-state index contributed by atoms with van der Waals surface area (Å²) in [6.45, 7) is 1.57. The van der Waals surface area contributed by atoms with Gasteiger partial charge < -0.3 is 9.47 Å². The molecule has 0 aliphatic rings. The first kappa shape index (κ1) is 12.4. The molecule has 0 aliphatic carbocycles. The van der Waals surface area contributed by atoms with Crippen molar-refractivity contribution in [1.82, 2.24) is 0 Å². The molecule has 0 amide bonds. The molecule has 0 fully saturated rings. The topological polar surface area (TPSA) is 35.5 Å². The van der Waals surface area contributed by atoms with Crippen LogP contribution >= 0.6 is 0 Å². The molecule has 88 valence electrons. The van der Waals surface area contributed by atoms with Crippen molar-refractivity contribution in [2.24, 2.45) is 0 Å². The van der Waals surface area contributed by atoms with Crippen LogP contribution in [0.25, 0.3) is 0 Å². The number of carbonyl (C=O) groups is 1. The smallest absolute Gasteiger partial charge is 0.300 e. The largest absolute Gasteiger partial charge is 0.493 e. The number of halogens is 2. The van der Waals surface area contributed by atoms with Gasteiger partial charge in [0, 0.05) is 5.56 Å². The van der Waals surface area contributed by atoms with E-state index >= 15 is 0 Å². The van der Waals surface area contributed by atoms with Crippen molar-refractivity contribution in [2.45, 2.75) is 13.3 Å². The van der Waals surface area contributed by atoms with Crippen molar-refractivity contribution >= 4 is 5.78 Å². The Morgan fingerprint density at radius 1 is 1.19 bits per heavy atom. The Hall–Kier alpha value is -1.65. The third-order valence-electron chi connectivity index (χ3n) is 2.19. The van der Waals surface area contributed by atoms with Crippen LogP contribution in [-0.2, 0) is 0 Å². The van der Waals surface area contributed by atoms with Gasteiger partial charge in [-0.3, -0.25) is 4.79 Å². The van der Waals surface area contributed by atoms with E-state index in [4.69, 9.17) is 9.47 Å². The SMILES string of the molecule is COc1cc(C)c(C(=O)C(F)F)cc1OC. The second kappa shape index (κ2) is 4.92. The molecule has 0 aromatic heterocycles. The van der Waals surface area contributed by atoms with Crippen molar-refractivity contribution < 1.29 is 23.0 Å². The number of methoxy groups -OCH3 is 2. The van der Waals surface area contributed by atoms with Gasteiger partial charge in [0.25, 0.3) is 0 Å². The molecular formula is C11H12F2O3. The molecule has 0 radical (unpaired) electrons. The van der Waals surface area contributed by atoms with Gasteiger partial charge in [0.1, 0.15) is 0 Å². The molecule has 1 aromatic carbocycles. The third-order valence-corrected chi connectivity index (χ3v) is 2.19. The normalized spacial score (nSPS) is 10.4. The Morgan fingerprint density at radius 2 is 1.69 bits per heavy atom. The summed E-state index contributed by atoms with van der Waals surface area (Å²) in [6.07, 6.45) is -3.02. The number of hydrogen-bond acceptors (Lipinski definition) is 3. The minimum absolute atomic E-state index is 0.0485. The minimum atomic E-state index is -3.02. The monoisotopic (exact) mass is 230 g/mol. The predicted molar refractivity (Wildman–Crippen MR) is 54.6 cm³/mol. The fourth-order valence-corrected chi connectivity index (χ4v) is 1.36. The highest BCUT2D eigenvalue weighted by atomic mass is 19.3. The van der Waals surface area contributed by atoms with E-state index in [1.165, 1.54) is 26.4 Å². The summed E-state index contributed by atoms with van der Waals surface area (Å²) >= 11 is 0. The van der Waals surface area contributed by atoms with Crippen molar-refractivity contribution in [3.8, 4) is 11.5 Å². The quantitative estimate of drug-likeness (QED) is 0.745. The van der Waals surface area contributed by atoms with Gasteiger partial charge in [-0.2, -0.15) is 0 Å². The number of ketones is 1. The molecule has 0 aliphatic heterocycles. The summed E-state index contributed by atoms with van der Waals surface area (Å²) in [6, 6.07) is 2.76. The van der Waals surface area contributed by atoms with Crippen LogP contribution in [0.1, 0.15) is 15.9 Å². The van der Waals surface area contributed by atoms with Crippen molar-refractivity contribution in [3.63, 3.8) is 0 Å². The van der Waals surface area contributed by atoms with E-state index < -0.39 is 12.2 Å². The maximum atomic E-state index is 12.3. The van der Waals surface area contributed by atoms with E-state index in [1.54, 1.807) is 6.92 Å². The number of carbonyl (C=O) groups excluding carboxylic acids is 1. The molecule has 0 spiro atoms. The van der Waals surface area contributed by atoms with Gasteiger partial charge in [-0.05, 0) is 24.6 Å². The molecular weight excluding hydrogens is 218 g/mol. The average molecular weight is 230 g/mol. The fraction of sp³-hybridized carbons (Fsp3) is 0.364. The lowest BCUT2D eigenvalue weighted by Gasteiger charge is -2.11. The summed E-state index contributed by atoms with van der Waals surface area (Å²) in [7, 11) is 2.82. The molecule has 3 nitrogen and oxygen atoms in total. The lowest BCUT2D eigenvalue weighted by Crippen LogP contribution is -2.12. The first-order valence-corrected chi connectivity index (χ1v) is 4.56. The van der Waals surface area contributed by atoms with Crippen molar-refractivity contribution in [1.29, 1.82) is 0 Å². The molecule has 0 unspecified atom stereocenters. The maximum absolute atomic E-state index is 12.3. The molecule has 0 atom stereocenters. The highest BCUT2D eigenvalue weighted by Crippen LogP contribution is 2.31. The van der Waals surface area contributed by atoms with Crippen molar-refractivity contribution in [3.05, 3.63) is 23.3 Å². The van der Waals surface area contributed by atoms with E-state index in [2.05, 4.69) is 0 Å². The highest BCUT2D eigenvalue weighted by Gasteiger charge is 2.21. The number of alkyl halides is 2. The first-order valence-electron chi connectivity index (χ1n) is 4.56. The molecule has 0 bridgehead atoms. The fourth-order valence-electron chi connectivity index (χ4n) is 1.36. The Kier molecular flexibility index (Phi) is 3.82. The molecule has 16 heavy (non-hydrogen) atoms. The van der Waals surface area contributed by atoms with Gasteiger partial charge in [0.15, 0.2) is 11.5 Å². The maximum Gasteiger partial charge on any atom is 0.300 e. The lowest BCUT2D eigenvalue weighted by atomic mass is 10.0. The van der Waals surface area contributed by atoms with Gasteiger partial charge in [0.2, 0.25) is 5.78 Å². The summed E-state index contributed by atoms with van der Waals surface area (Å²) in [4.78, 5) is 11.2. The van der Waals surface area contributed by atoms with Crippen LogP contribution in [0.4, 0.5) is 8.78 Å². The Morgan fingerprint density at radius 3 is 2.12 bits per heavy atom. The number of Topliss-reactive ketones (excluding diaryl/α,β-unsaturated/α-hetero) is 1. The van der Waals surface area contributed by atoms with Gasteiger partial charge in [-0.1, -0.05) is 0 Å². The average Bonchev–Trinajstić information content (AvgIpc) is 2.27. The van der Waals surface area contributed by atoms with Crippen LogP contribution in [0.5, 0.6) is 11.5 Å². The summed E-state index contributed by atoms with van der Waals surface area (Å²) in [5.74, 6) is -0.540. The van der Waals surface area contributed by atoms with Crippen LogP contribution in [-0.4, -0.2) is 26.4 Å². The van der Waals surface area contributed by atoms with Gasteiger partial charge in [0.05, 0.1) is 14.2 Å². The molecule has 5 heteroatoms. The second-order valence-electron chi connectivity index (χ2n) is 3.19. The zero-order valence-corrected chi connectivity index (χ0v) is 9.21. The Labute approximate surface area is 92.0 Å². The second-order valence-corrected chi connectivity index (χ2v) is 3.19. The van der Waals surface area contributed by atoms with E-state index in [0.29, 0.717) is 11.3 Å². The minimum Gasteiger partial charge on any atom is -0.493 e. The van der Waals surface area contributed by atoms with E-state index in [-0.39, 0.29) is 11.3 Å². The number of aryl methyl sites for hydroxylation is 1. The first-order chi connectivity index (χ1) is 7.51. The summed E-state index contributed by atoms with van der Waals surface area (Å²) in [5, 5.41) is 0. The van der Waals surface area contributed by atoms with E-state index in [1.807, 2.05) is 0 Å². The number of benzene rings is 1. The molecule has 1 aromatic rings. The summed E-state index contributed by atoms with van der Waals surface area (Å²) in [5.41, 5.74) is 0.385. The summed E-state index contributed by atoms with van der Waals surface area (Å²) < 4.78 is 34.5. The number of rotatable bonds is 4. The van der Waals surface area contributed by atoms with Gasteiger partial charge in [-0.25, -0.2) is 8.78 Å². The van der Waals surface area contributed by atoms with E-state index in [0.717, 1.165) is 0 Å². The molecule has 1 rings (SSSR count). The Balaban J connectivity index is 3.26. The van der Waals surface area contributed by atoms with E-state index in [9.17, 15) is 13.6 Å². The number of hydrogen-bond donors (Lipinski definition) is 0. The molecule has 0 N–H and O–H groups in total. The van der Waals surface area contributed by atoms with Crippen molar-refractivity contribution in [2.75, 3.05) is 14.2 Å². The molecule has 0 heterocycles. The zero-order chi connectivity index (χ0) is 12.3. The van der Waals surface area contributed by atoms with Crippen LogP contribution in [0.3, 0.4) is 0 Å². The third kappa shape index (κ3) is 2.29. The van der Waals surface area contributed by atoms with Crippen LogP contribution in [0.2, 0.25) is 0 Å². The lowest BCUT2D eigenvalue weighted by molar-refractivity contribution is 0.0677. The van der Waals surface area contributed by atoms with Gasteiger partial charge in [-0.15, -0.1) is 0 Å². The van der Waals surface area contributed by atoms with Crippen LogP contribution in [0.15, 0.2) is 12.1 Å². The predicted octanol–water partition coefficient (Wildman–Crippen LogP) is 2.46. The van der Waals surface area contributed by atoms with Gasteiger partial charge >= 0.3 is 6.43 Å². The molecule has 0 saturated carbocycles.